The maximum absolute atomic E-state index is 13.6. The van der Waals surface area contributed by atoms with Gasteiger partial charge in [-0.3, -0.25) is 9.69 Å². The van der Waals surface area contributed by atoms with Gasteiger partial charge in [-0.15, -0.1) is 0 Å². The minimum absolute atomic E-state index is 0.139. The third-order valence-electron chi connectivity index (χ3n) is 8.45. The van der Waals surface area contributed by atoms with Gasteiger partial charge in [-0.25, -0.2) is 4.79 Å². The van der Waals surface area contributed by atoms with Gasteiger partial charge in [0.05, 0.1) is 23.6 Å². The number of hydrogen-bond acceptors (Lipinski definition) is 5. The van der Waals surface area contributed by atoms with E-state index in [9.17, 15) is 22.8 Å². The van der Waals surface area contributed by atoms with Crippen LogP contribution >= 0.6 is 0 Å². The summed E-state index contributed by atoms with van der Waals surface area (Å²) in [5.74, 6) is 0.561. The van der Waals surface area contributed by atoms with Crippen LogP contribution in [0.4, 0.5) is 29.3 Å². The summed E-state index contributed by atoms with van der Waals surface area (Å²) in [4.78, 5) is 32.1. The highest BCUT2D eigenvalue weighted by Crippen LogP contribution is 2.41. The van der Waals surface area contributed by atoms with Gasteiger partial charge in [-0.2, -0.15) is 23.0 Å². The van der Waals surface area contributed by atoms with E-state index in [1.807, 2.05) is 22.9 Å². The molecule has 5 rings (SSSR count). The first-order chi connectivity index (χ1) is 18.0. The largest absolute Gasteiger partial charge is 0.416 e. The lowest BCUT2D eigenvalue weighted by Crippen LogP contribution is -2.36. The van der Waals surface area contributed by atoms with E-state index >= 15 is 0 Å². The van der Waals surface area contributed by atoms with Crippen molar-refractivity contribution in [3.05, 3.63) is 41.7 Å². The zero-order chi connectivity index (χ0) is 27.2. The molecular formula is C27H35F3N6O2. The van der Waals surface area contributed by atoms with Crippen LogP contribution in [0, 0.1) is 11.8 Å². The molecule has 3 aliphatic rings. The maximum Gasteiger partial charge on any atom is 0.416 e. The first-order valence-electron chi connectivity index (χ1n) is 13.2. The summed E-state index contributed by atoms with van der Waals surface area (Å²) in [5, 5.41) is 4.15. The molecule has 2 amide bonds. The first kappa shape index (κ1) is 26.5. The molecule has 11 heteroatoms. The Hall–Kier alpha value is -3.08. The van der Waals surface area contributed by atoms with Crippen molar-refractivity contribution in [2.24, 2.45) is 11.8 Å². The van der Waals surface area contributed by atoms with Crippen LogP contribution in [-0.4, -0.2) is 77.8 Å². The highest BCUT2D eigenvalue weighted by atomic mass is 19.4. The molecule has 0 bridgehead atoms. The average molecular weight is 533 g/mol. The van der Waals surface area contributed by atoms with Crippen LogP contribution in [0.1, 0.15) is 43.7 Å². The van der Waals surface area contributed by atoms with Crippen molar-refractivity contribution in [1.82, 2.24) is 19.6 Å². The minimum Gasteiger partial charge on any atom is -0.372 e. The standard InChI is InChI=1S/C27H35F3N6O2/c1-18(37)33(3)25-13-31-36(17-25)26(38)35-15-20-10-23(11-21(20)16-35)32(2)14-19-8-22(27(28,29)30)12-24(9-19)34-6-4-5-7-34/h8-9,12-13,17,20-21,23H,4-7,10-11,14-16H2,1-3H3. The predicted molar refractivity (Wildman–Crippen MR) is 138 cm³/mol. The summed E-state index contributed by atoms with van der Waals surface area (Å²) < 4.78 is 42.2. The number of rotatable bonds is 5. The van der Waals surface area contributed by atoms with Crippen LogP contribution in [0.3, 0.4) is 0 Å². The second kappa shape index (κ2) is 10.2. The van der Waals surface area contributed by atoms with Gasteiger partial charge in [0.2, 0.25) is 5.91 Å². The van der Waals surface area contributed by atoms with Gasteiger partial charge in [0.1, 0.15) is 0 Å². The SMILES string of the molecule is CC(=O)N(C)c1cnn(C(=O)N2CC3CC(N(C)Cc4cc(N5CCCC5)cc(C(F)(F)F)c4)CC3C2)c1. The lowest BCUT2D eigenvalue weighted by Gasteiger charge is -2.28. The normalized spacial score (nSPS) is 23.4. The Morgan fingerprint density at radius 3 is 2.32 bits per heavy atom. The van der Waals surface area contributed by atoms with Gasteiger partial charge in [-0.05, 0) is 68.3 Å². The van der Waals surface area contributed by atoms with E-state index in [-0.39, 0.29) is 18.0 Å². The summed E-state index contributed by atoms with van der Waals surface area (Å²) in [6.07, 6.45) is 2.52. The number of carbonyl (C=O) groups excluding carboxylic acids is 2. The summed E-state index contributed by atoms with van der Waals surface area (Å²) in [5.41, 5.74) is 1.32. The fourth-order valence-electron chi connectivity index (χ4n) is 6.21. The number of carbonyl (C=O) groups is 2. The van der Waals surface area contributed by atoms with Crippen LogP contribution in [0.2, 0.25) is 0 Å². The number of benzene rings is 1. The molecule has 0 N–H and O–H groups in total. The van der Waals surface area contributed by atoms with Crippen LogP contribution in [0.5, 0.6) is 0 Å². The quantitative estimate of drug-likeness (QED) is 0.575. The molecule has 2 atom stereocenters. The molecule has 2 aromatic rings. The molecule has 8 nitrogen and oxygen atoms in total. The number of likely N-dealkylation sites (tertiary alicyclic amines) is 1. The molecule has 206 valence electrons. The molecule has 2 unspecified atom stereocenters. The third-order valence-corrected chi connectivity index (χ3v) is 8.45. The number of halogens is 3. The highest BCUT2D eigenvalue weighted by molar-refractivity contribution is 5.91. The zero-order valence-electron chi connectivity index (χ0n) is 22.1. The number of nitrogens with zero attached hydrogens (tertiary/aromatic N) is 6. The van der Waals surface area contributed by atoms with E-state index in [0.717, 1.165) is 38.8 Å². The fourth-order valence-corrected chi connectivity index (χ4v) is 6.21. The molecular weight excluding hydrogens is 497 g/mol. The van der Waals surface area contributed by atoms with Crippen molar-refractivity contribution in [2.75, 3.05) is 50.1 Å². The van der Waals surface area contributed by atoms with Gasteiger partial charge >= 0.3 is 12.2 Å². The van der Waals surface area contributed by atoms with Crippen LogP contribution in [-0.2, 0) is 17.5 Å². The van der Waals surface area contributed by atoms with Crippen molar-refractivity contribution < 1.29 is 22.8 Å². The summed E-state index contributed by atoms with van der Waals surface area (Å²) in [7, 11) is 3.62. The highest BCUT2D eigenvalue weighted by Gasteiger charge is 2.44. The predicted octanol–water partition coefficient (Wildman–Crippen LogP) is 4.30. The third kappa shape index (κ3) is 5.39. The molecule has 1 aromatic carbocycles. The fraction of sp³-hybridized carbons (Fsp3) is 0.593. The van der Waals surface area contributed by atoms with Crippen molar-refractivity contribution in [2.45, 2.75) is 51.4 Å². The summed E-state index contributed by atoms with van der Waals surface area (Å²) in [6, 6.07) is 4.53. The van der Waals surface area contributed by atoms with Gasteiger partial charge in [-0.1, -0.05) is 0 Å². The monoisotopic (exact) mass is 532 g/mol. The molecule has 2 saturated heterocycles. The molecule has 0 spiro atoms. The minimum atomic E-state index is -4.37. The molecule has 38 heavy (non-hydrogen) atoms. The topological polar surface area (TPSA) is 64.9 Å². The Balaban J connectivity index is 1.21. The first-order valence-corrected chi connectivity index (χ1v) is 13.2. The Morgan fingerprint density at radius 1 is 1.05 bits per heavy atom. The van der Waals surface area contributed by atoms with Crippen molar-refractivity contribution in [1.29, 1.82) is 0 Å². The van der Waals surface area contributed by atoms with E-state index in [1.165, 1.54) is 34.8 Å². The number of aromatic nitrogens is 2. The second-order valence-corrected chi connectivity index (χ2v) is 11.0. The Bertz CT molecular complexity index is 1180. The lowest BCUT2D eigenvalue weighted by atomic mass is 10.0. The van der Waals surface area contributed by atoms with Crippen molar-refractivity contribution in [3.8, 4) is 0 Å². The number of hydrogen-bond donors (Lipinski definition) is 0. The summed E-state index contributed by atoms with van der Waals surface area (Å²) in [6.45, 7) is 4.77. The molecule has 0 radical (unpaired) electrons. The van der Waals surface area contributed by atoms with E-state index in [4.69, 9.17) is 0 Å². The van der Waals surface area contributed by atoms with Gasteiger partial charge in [0.25, 0.3) is 0 Å². The number of anilines is 2. The molecule has 1 aromatic heterocycles. The number of fused-ring (bicyclic) bond motifs is 1. The zero-order valence-corrected chi connectivity index (χ0v) is 22.1. The average Bonchev–Trinajstić information content (AvgIpc) is 3.66. The van der Waals surface area contributed by atoms with E-state index in [1.54, 1.807) is 13.2 Å². The van der Waals surface area contributed by atoms with Gasteiger partial charge in [0, 0.05) is 58.4 Å². The number of alkyl halides is 3. The summed E-state index contributed by atoms with van der Waals surface area (Å²) >= 11 is 0. The van der Waals surface area contributed by atoms with Crippen LogP contribution in [0.25, 0.3) is 0 Å². The van der Waals surface area contributed by atoms with E-state index in [2.05, 4.69) is 10.00 Å². The molecule has 1 aliphatic carbocycles. The van der Waals surface area contributed by atoms with Crippen LogP contribution in [0.15, 0.2) is 30.6 Å². The lowest BCUT2D eigenvalue weighted by molar-refractivity contribution is -0.137. The Labute approximate surface area is 221 Å². The van der Waals surface area contributed by atoms with Crippen LogP contribution < -0.4 is 9.80 Å². The molecule has 3 heterocycles. The maximum atomic E-state index is 13.6. The van der Waals surface area contributed by atoms with E-state index < -0.39 is 11.7 Å². The second-order valence-electron chi connectivity index (χ2n) is 11.0. The van der Waals surface area contributed by atoms with Gasteiger partial charge in [0.15, 0.2) is 0 Å². The smallest absolute Gasteiger partial charge is 0.372 e. The Morgan fingerprint density at radius 2 is 1.71 bits per heavy atom. The van der Waals surface area contributed by atoms with Crippen molar-refractivity contribution in [3.63, 3.8) is 0 Å². The Kier molecular flexibility index (Phi) is 7.15. The van der Waals surface area contributed by atoms with Gasteiger partial charge < -0.3 is 14.7 Å². The van der Waals surface area contributed by atoms with Crippen molar-refractivity contribution >= 4 is 23.3 Å². The molecule has 2 aliphatic heterocycles. The molecule has 3 fully saturated rings. The number of amides is 2. The van der Waals surface area contributed by atoms with E-state index in [0.29, 0.717) is 48.4 Å². The molecule has 1 saturated carbocycles.